The summed E-state index contributed by atoms with van der Waals surface area (Å²) in [6, 6.07) is 3.81. The number of halogens is 1. The van der Waals surface area contributed by atoms with Crippen molar-refractivity contribution < 1.29 is 9.53 Å². The van der Waals surface area contributed by atoms with Gasteiger partial charge in [0.15, 0.2) is 16.1 Å². The Bertz CT molecular complexity index is 936. The largest absolute Gasteiger partial charge is 0.486 e. The van der Waals surface area contributed by atoms with Crippen LogP contribution >= 0.6 is 34.7 Å². The van der Waals surface area contributed by atoms with Crippen molar-refractivity contribution >= 4 is 45.7 Å². The molecule has 0 aliphatic heterocycles. The molecular formula is C18H20ClN5O2S2. The minimum absolute atomic E-state index is 0.129. The summed E-state index contributed by atoms with van der Waals surface area (Å²) in [7, 11) is 0. The Balaban J connectivity index is 1.61. The van der Waals surface area contributed by atoms with Crippen molar-refractivity contribution in [1.82, 2.24) is 19.7 Å². The van der Waals surface area contributed by atoms with E-state index in [2.05, 4.69) is 20.5 Å². The Labute approximate surface area is 176 Å². The molecule has 28 heavy (non-hydrogen) atoms. The summed E-state index contributed by atoms with van der Waals surface area (Å²) < 4.78 is 7.82. The number of benzene rings is 1. The highest BCUT2D eigenvalue weighted by Gasteiger charge is 2.14. The Morgan fingerprint density at radius 3 is 2.71 bits per heavy atom. The van der Waals surface area contributed by atoms with Crippen molar-refractivity contribution in [3.05, 3.63) is 45.7 Å². The molecule has 0 bridgehead atoms. The van der Waals surface area contributed by atoms with Gasteiger partial charge in [0, 0.05) is 23.1 Å². The highest BCUT2D eigenvalue weighted by Crippen LogP contribution is 2.26. The van der Waals surface area contributed by atoms with Crippen molar-refractivity contribution in [3.63, 3.8) is 0 Å². The normalized spacial score (nSPS) is 10.9. The molecule has 0 radical (unpaired) electrons. The van der Waals surface area contributed by atoms with Crippen molar-refractivity contribution in [2.24, 2.45) is 0 Å². The quantitative estimate of drug-likeness (QED) is 0.528. The summed E-state index contributed by atoms with van der Waals surface area (Å²) in [4.78, 5) is 16.1. The standard InChI is InChI=1S/C18H20ClN5O2S2/c1-4-24-14(9-26-13-7-11(2)16(19)12(3)8-13)22-23-18(24)28-10-15(25)21-17-20-5-6-27-17/h5-8H,4,9-10H2,1-3H3,(H,20,21,25). The SMILES string of the molecule is CCn1c(COc2cc(C)c(Cl)c(C)c2)nnc1SCC(=O)Nc1nccs1. The second kappa shape index (κ2) is 9.40. The number of amides is 1. The van der Waals surface area contributed by atoms with Gasteiger partial charge in [0.05, 0.1) is 5.75 Å². The van der Waals surface area contributed by atoms with Crippen LogP contribution in [0.5, 0.6) is 5.75 Å². The number of hydrogen-bond acceptors (Lipinski definition) is 7. The van der Waals surface area contributed by atoms with Crippen LogP contribution in [0.15, 0.2) is 28.9 Å². The molecule has 3 rings (SSSR count). The van der Waals surface area contributed by atoms with E-state index in [1.165, 1.54) is 23.1 Å². The molecular weight excluding hydrogens is 418 g/mol. The van der Waals surface area contributed by atoms with Gasteiger partial charge in [-0.1, -0.05) is 23.4 Å². The summed E-state index contributed by atoms with van der Waals surface area (Å²) in [6.45, 7) is 6.86. The predicted octanol–water partition coefficient (Wildman–Crippen LogP) is 4.33. The van der Waals surface area contributed by atoms with Gasteiger partial charge in [-0.25, -0.2) is 4.98 Å². The first kappa shape index (κ1) is 20.6. The maximum Gasteiger partial charge on any atom is 0.236 e. The van der Waals surface area contributed by atoms with Gasteiger partial charge in [0.1, 0.15) is 12.4 Å². The van der Waals surface area contributed by atoms with Crippen LogP contribution < -0.4 is 10.1 Å². The smallest absolute Gasteiger partial charge is 0.236 e. The number of thioether (sulfide) groups is 1. The number of ether oxygens (including phenoxy) is 1. The molecule has 2 heterocycles. The van der Waals surface area contributed by atoms with E-state index in [0.29, 0.717) is 22.7 Å². The van der Waals surface area contributed by atoms with Gasteiger partial charge in [0.2, 0.25) is 5.91 Å². The minimum Gasteiger partial charge on any atom is -0.486 e. The van der Waals surface area contributed by atoms with Crippen LogP contribution in [-0.4, -0.2) is 31.4 Å². The highest BCUT2D eigenvalue weighted by atomic mass is 35.5. The van der Waals surface area contributed by atoms with Crippen molar-refractivity contribution in [2.45, 2.75) is 39.1 Å². The average molecular weight is 438 g/mol. The Hall–Kier alpha value is -2.10. The number of hydrogen-bond donors (Lipinski definition) is 1. The zero-order valence-corrected chi connectivity index (χ0v) is 18.1. The summed E-state index contributed by atoms with van der Waals surface area (Å²) in [5.41, 5.74) is 1.94. The van der Waals surface area contributed by atoms with Crippen LogP contribution in [0.2, 0.25) is 5.02 Å². The van der Waals surface area contributed by atoms with Crippen LogP contribution in [0.1, 0.15) is 23.9 Å². The predicted molar refractivity (Wildman–Crippen MR) is 112 cm³/mol. The van der Waals surface area contributed by atoms with Gasteiger partial charge in [0.25, 0.3) is 0 Å². The van der Waals surface area contributed by atoms with Gasteiger partial charge in [-0.2, -0.15) is 0 Å². The van der Waals surface area contributed by atoms with Gasteiger partial charge < -0.3 is 14.6 Å². The van der Waals surface area contributed by atoms with Crippen molar-refractivity contribution in [1.29, 1.82) is 0 Å². The van der Waals surface area contributed by atoms with E-state index < -0.39 is 0 Å². The number of aromatic nitrogens is 4. The van der Waals surface area contributed by atoms with Crippen LogP contribution in [0, 0.1) is 13.8 Å². The summed E-state index contributed by atoms with van der Waals surface area (Å²) in [6.07, 6.45) is 1.65. The molecule has 148 valence electrons. The number of anilines is 1. The third kappa shape index (κ3) is 5.03. The number of nitrogens with one attached hydrogen (secondary N) is 1. The fraction of sp³-hybridized carbons (Fsp3) is 0.333. The topological polar surface area (TPSA) is 81.9 Å². The number of thiazole rings is 1. The van der Waals surface area contributed by atoms with E-state index in [0.717, 1.165) is 21.9 Å². The van der Waals surface area contributed by atoms with Crippen LogP contribution in [0.25, 0.3) is 0 Å². The van der Waals surface area contributed by atoms with Gasteiger partial charge in [-0.15, -0.1) is 21.5 Å². The number of carbonyl (C=O) groups excluding carboxylic acids is 1. The number of carbonyl (C=O) groups is 1. The van der Waals surface area contributed by atoms with Crippen LogP contribution in [-0.2, 0) is 17.9 Å². The van der Waals surface area contributed by atoms with Gasteiger partial charge in [-0.3, -0.25) is 4.79 Å². The third-order valence-electron chi connectivity index (χ3n) is 3.90. The lowest BCUT2D eigenvalue weighted by Gasteiger charge is -2.11. The molecule has 2 aromatic heterocycles. The van der Waals surface area contributed by atoms with E-state index in [4.69, 9.17) is 16.3 Å². The molecule has 0 saturated heterocycles. The summed E-state index contributed by atoms with van der Waals surface area (Å²) >= 11 is 8.92. The first-order chi connectivity index (χ1) is 13.5. The van der Waals surface area contributed by atoms with E-state index in [-0.39, 0.29) is 18.3 Å². The molecule has 1 amide bonds. The fourth-order valence-electron chi connectivity index (χ4n) is 2.56. The van der Waals surface area contributed by atoms with Crippen LogP contribution in [0.3, 0.4) is 0 Å². The summed E-state index contributed by atoms with van der Waals surface area (Å²) in [5.74, 6) is 1.54. The first-order valence-electron chi connectivity index (χ1n) is 8.61. The monoisotopic (exact) mass is 437 g/mol. The molecule has 10 heteroatoms. The summed E-state index contributed by atoms with van der Waals surface area (Å²) in [5, 5.41) is 15.0. The number of nitrogens with zero attached hydrogens (tertiary/aromatic N) is 4. The Kier molecular flexibility index (Phi) is 6.93. The molecule has 1 aromatic carbocycles. The molecule has 0 saturated carbocycles. The van der Waals surface area contributed by atoms with E-state index in [9.17, 15) is 4.79 Å². The molecule has 0 spiro atoms. The molecule has 0 fully saturated rings. The molecule has 0 atom stereocenters. The number of aryl methyl sites for hydroxylation is 2. The van der Waals surface area contributed by atoms with Crippen LogP contribution in [0.4, 0.5) is 5.13 Å². The molecule has 7 nitrogen and oxygen atoms in total. The van der Waals surface area contributed by atoms with Crippen molar-refractivity contribution in [3.8, 4) is 5.75 Å². The molecule has 0 aliphatic rings. The lowest BCUT2D eigenvalue weighted by atomic mass is 10.1. The van der Waals surface area contributed by atoms with Crippen molar-refractivity contribution in [2.75, 3.05) is 11.1 Å². The molecule has 0 unspecified atom stereocenters. The first-order valence-corrected chi connectivity index (χ1v) is 10.9. The highest BCUT2D eigenvalue weighted by molar-refractivity contribution is 7.99. The maximum atomic E-state index is 12.0. The average Bonchev–Trinajstić information content (AvgIpc) is 3.31. The molecule has 1 N–H and O–H groups in total. The Morgan fingerprint density at radius 2 is 2.07 bits per heavy atom. The van der Waals surface area contributed by atoms with Gasteiger partial charge in [-0.05, 0) is 44.0 Å². The molecule has 3 aromatic rings. The second-order valence-electron chi connectivity index (χ2n) is 5.98. The zero-order valence-electron chi connectivity index (χ0n) is 15.7. The second-order valence-corrected chi connectivity index (χ2v) is 8.19. The van der Waals surface area contributed by atoms with E-state index in [1.54, 1.807) is 6.20 Å². The lowest BCUT2D eigenvalue weighted by Crippen LogP contribution is -2.14. The van der Waals surface area contributed by atoms with E-state index in [1.807, 2.05) is 42.9 Å². The lowest BCUT2D eigenvalue weighted by molar-refractivity contribution is -0.113. The number of rotatable bonds is 8. The fourth-order valence-corrected chi connectivity index (χ4v) is 4.03. The minimum atomic E-state index is -0.129. The third-order valence-corrected chi connectivity index (χ3v) is 6.15. The zero-order chi connectivity index (χ0) is 20.1. The molecule has 0 aliphatic carbocycles. The maximum absolute atomic E-state index is 12.0. The van der Waals surface area contributed by atoms with Gasteiger partial charge >= 0.3 is 0 Å². The van der Waals surface area contributed by atoms with E-state index >= 15 is 0 Å². The Morgan fingerprint density at radius 1 is 1.32 bits per heavy atom.